The van der Waals surface area contributed by atoms with Crippen molar-refractivity contribution >= 4 is 0 Å². The fourth-order valence-corrected chi connectivity index (χ4v) is 2.10. The van der Waals surface area contributed by atoms with Crippen molar-refractivity contribution in [1.82, 2.24) is 15.1 Å². The van der Waals surface area contributed by atoms with E-state index < -0.39 is 0 Å². The first kappa shape index (κ1) is 13.8. The van der Waals surface area contributed by atoms with Crippen LogP contribution in [-0.4, -0.2) is 15.3 Å². The smallest absolute Gasteiger partial charge is 0.0693 e. The molecule has 0 spiro atoms. The van der Waals surface area contributed by atoms with Crippen molar-refractivity contribution < 1.29 is 0 Å². The average molecular weight is 257 g/mol. The minimum atomic E-state index is 0.113. The molecule has 0 atom stereocenters. The molecule has 0 unspecified atom stereocenters. The lowest BCUT2D eigenvalue weighted by atomic mass is 10.1. The molecule has 0 aliphatic rings. The summed E-state index contributed by atoms with van der Waals surface area (Å²) in [7, 11) is 0. The maximum absolute atomic E-state index is 4.57. The summed E-state index contributed by atoms with van der Waals surface area (Å²) >= 11 is 0. The summed E-state index contributed by atoms with van der Waals surface area (Å²) in [6.45, 7) is 11.5. The molecule has 0 saturated carbocycles. The Labute approximate surface area is 115 Å². The van der Waals surface area contributed by atoms with Gasteiger partial charge in [-0.05, 0) is 52.3 Å². The Bertz CT molecular complexity index is 562. The van der Waals surface area contributed by atoms with Crippen molar-refractivity contribution in [3.05, 3.63) is 47.3 Å². The van der Waals surface area contributed by atoms with Gasteiger partial charge in [0.2, 0.25) is 0 Å². The lowest BCUT2D eigenvalue weighted by Gasteiger charge is -2.21. The van der Waals surface area contributed by atoms with Crippen LogP contribution in [0.1, 0.15) is 37.7 Å². The Morgan fingerprint density at radius 1 is 1.16 bits per heavy atom. The van der Waals surface area contributed by atoms with E-state index in [0.29, 0.717) is 0 Å². The van der Waals surface area contributed by atoms with E-state index in [9.17, 15) is 0 Å². The largest absolute Gasteiger partial charge is 0.308 e. The molecule has 0 saturated heterocycles. The summed E-state index contributed by atoms with van der Waals surface area (Å²) in [5.74, 6) is 0. The second-order valence-electron chi connectivity index (χ2n) is 6.07. The fraction of sp³-hybridized carbons (Fsp3) is 0.438. The lowest BCUT2D eigenvalue weighted by molar-refractivity contribution is 0.424. The minimum absolute atomic E-state index is 0.113. The quantitative estimate of drug-likeness (QED) is 0.913. The molecule has 1 aromatic heterocycles. The number of hydrogen-bond acceptors (Lipinski definition) is 2. The molecular weight excluding hydrogens is 234 g/mol. The van der Waals surface area contributed by atoms with Gasteiger partial charge in [0, 0.05) is 17.8 Å². The number of hydrogen-bond donors (Lipinski definition) is 1. The molecule has 0 aliphatic carbocycles. The average Bonchev–Trinajstić information content (AvgIpc) is 2.65. The molecule has 19 heavy (non-hydrogen) atoms. The van der Waals surface area contributed by atoms with E-state index in [4.69, 9.17) is 0 Å². The van der Waals surface area contributed by atoms with Crippen molar-refractivity contribution in [2.45, 2.75) is 46.7 Å². The first-order chi connectivity index (χ1) is 8.87. The molecule has 0 aliphatic heterocycles. The third-order valence-corrected chi connectivity index (χ3v) is 3.04. The zero-order chi connectivity index (χ0) is 14.0. The van der Waals surface area contributed by atoms with Gasteiger partial charge >= 0.3 is 0 Å². The molecule has 3 heteroatoms. The maximum atomic E-state index is 4.57. The van der Waals surface area contributed by atoms with Crippen LogP contribution in [-0.2, 0) is 6.54 Å². The number of rotatable bonds is 3. The fourth-order valence-electron chi connectivity index (χ4n) is 2.10. The summed E-state index contributed by atoms with van der Waals surface area (Å²) in [5, 5.41) is 8.11. The Kier molecular flexibility index (Phi) is 3.76. The van der Waals surface area contributed by atoms with E-state index >= 15 is 0 Å². The predicted molar refractivity (Wildman–Crippen MR) is 79.6 cm³/mol. The van der Waals surface area contributed by atoms with Crippen molar-refractivity contribution in [3.63, 3.8) is 0 Å². The predicted octanol–water partition coefficient (Wildman–Crippen LogP) is 3.38. The van der Waals surface area contributed by atoms with Crippen LogP contribution in [0.4, 0.5) is 0 Å². The molecule has 3 nitrogen and oxygen atoms in total. The van der Waals surface area contributed by atoms with Crippen molar-refractivity contribution in [2.24, 2.45) is 0 Å². The lowest BCUT2D eigenvalue weighted by Crippen LogP contribution is -2.35. The van der Waals surface area contributed by atoms with Gasteiger partial charge in [0.1, 0.15) is 0 Å². The number of para-hydroxylation sites is 1. The highest BCUT2D eigenvalue weighted by molar-refractivity contribution is 5.41. The molecule has 1 heterocycles. The van der Waals surface area contributed by atoms with Crippen LogP contribution in [0.5, 0.6) is 0 Å². The van der Waals surface area contributed by atoms with Crippen LogP contribution in [0.3, 0.4) is 0 Å². The Morgan fingerprint density at radius 3 is 2.42 bits per heavy atom. The van der Waals surface area contributed by atoms with E-state index in [1.807, 2.05) is 11.6 Å². The summed E-state index contributed by atoms with van der Waals surface area (Å²) in [6, 6.07) is 10.5. The standard InChI is InChI=1S/C16H23N3/c1-12-10-13(2)19(18-12)15-9-7-6-8-14(15)11-17-16(3,4)5/h6-10,17H,11H2,1-5H3. The van der Waals surface area contributed by atoms with Crippen LogP contribution in [0.15, 0.2) is 30.3 Å². The maximum Gasteiger partial charge on any atom is 0.0693 e. The van der Waals surface area contributed by atoms with E-state index in [1.165, 1.54) is 11.3 Å². The van der Waals surface area contributed by atoms with Crippen LogP contribution >= 0.6 is 0 Å². The topological polar surface area (TPSA) is 29.9 Å². The van der Waals surface area contributed by atoms with Gasteiger partial charge in [0.05, 0.1) is 11.4 Å². The number of nitrogens with one attached hydrogen (secondary N) is 1. The van der Waals surface area contributed by atoms with Crippen molar-refractivity contribution in [3.8, 4) is 5.69 Å². The third kappa shape index (κ3) is 3.44. The highest BCUT2D eigenvalue weighted by Crippen LogP contribution is 2.17. The molecule has 0 bridgehead atoms. The monoisotopic (exact) mass is 257 g/mol. The molecule has 0 amide bonds. The molecule has 1 N–H and O–H groups in total. The molecule has 1 aromatic carbocycles. The highest BCUT2D eigenvalue weighted by atomic mass is 15.3. The van der Waals surface area contributed by atoms with Crippen molar-refractivity contribution in [2.75, 3.05) is 0 Å². The SMILES string of the molecule is Cc1cc(C)n(-c2ccccc2CNC(C)(C)C)n1. The first-order valence-electron chi connectivity index (χ1n) is 6.73. The summed E-state index contributed by atoms with van der Waals surface area (Å²) < 4.78 is 2.02. The van der Waals surface area contributed by atoms with Crippen LogP contribution in [0, 0.1) is 13.8 Å². The van der Waals surface area contributed by atoms with Crippen molar-refractivity contribution in [1.29, 1.82) is 0 Å². The summed E-state index contributed by atoms with van der Waals surface area (Å²) in [5.41, 5.74) is 4.76. The van der Waals surface area contributed by atoms with E-state index in [-0.39, 0.29) is 5.54 Å². The third-order valence-electron chi connectivity index (χ3n) is 3.04. The van der Waals surface area contributed by atoms with Gasteiger partial charge in [-0.15, -0.1) is 0 Å². The van der Waals surface area contributed by atoms with Gasteiger partial charge in [-0.1, -0.05) is 18.2 Å². The van der Waals surface area contributed by atoms with Gasteiger partial charge < -0.3 is 5.32 Å². The van der Waals surface area contributed by atoms with Gasteiger partial charge in [-0.3, -0.25) is 0 Å². The second-order valence-corrected chi connectivity index (χ2v) is 6.07. The Balaban J connectivity index is 2.34. The zero-order valence-corrected chi connectivity index (χ0v) is 12.5. The Morgan fingerprint density at radius 2 is 1.84 bits per heavy atom. The number of nitrogens with zero attached hydrogens (tertiary/aromatic N) is 2. The van der Waals surface area contributed by atoms with Crippen LogP contribution in [0.25, 0.3) is 5.69 Å². The molecule has 0 fully saturated rings. The summed E-state index contributed by atoms with van der Waals surface area (Å²) in [4.78, 5) is 0. The molecule has 2 rings (SSSR count). The second kappa shape index (κ2) is 5.17. The molecular formula is C16H23N3. The normalized spacial score (nSPS) is 11.8. The van der Waals surface area contributed by atoms with Crippen LogP contribution in [0.2, 0.25) is 0 Å². The van der Waals surface area contributed by atoms with Gasteiger partial charge in [-0.2, -0.15) is 5.10 Å². The number of benzene rings is 1. The van der Waals surface area contributed by atoms with Crippen LogP contribution < -0.4 is 5.32 Å². The van der Waals surface area contributed by atoms with Gasteiger partial charge in [0.15, 0.2) is 0 Å². The van der Waals surface area contributed by atoms with E-state index in [0.717, 1.165) is 17.9 Å². The van der Waals surface area contributed by atoms with Gasteiger partial charge in [-0.25, -0.2) is 4.68 Å². The summed E-state index contributed by atoms with van der Waals surface area (Å²) in [6.07, 6.45) is 0. The molecule has 0 radical (unpaired) electrons. The Hall–Kier alpha value is -1.61. The van der Waals surface area contributed by atoms with E-state index in [1.54, 1.807) is 0 Å². The first-order valence-corrected chi connectivity index (χ1v) is 6.73. The van der Waals surface area contributed by atoms with Gasteiger partial charge in [0.25, 0.3) is 0 Å². The molecule has 102 valence electrons. The highest BCUT2D eigenvalue weighted by Gasteiger charge is 2.12. The number of aryl methyl sites for hydroxylation is 2. The number of aromatic nitrogens is 2. The minimum Gasteiger partial charge on any atom is -0.308 e. The molecule has 2 aromatic rings. The zero-order valence-electron chi connectivity index (χ0n) is 12.5. The van der Waals surface area contributed by atoms with E-state index in [2.05, 4.69) is 68.4 Å².